The molecule has 0 aliphatic heterocycles. The van der Waals surface area contributed by atoms with E-state index in [0.29, 0.717) is 0 Å². The molecule has 2 rings (SSSR count). The zero-order chi connectivity index (χ0) is 14.5. The van der Waals surface area contributed by atoms with E-state index in [4.69, 9.17) is 5.73 Å². The first kappa shape index (κ1) is 14.7. The van der Waals surface area contributed by atoms with Gasteiger partial charge in [0.2, 0.25) is 0 Å². The summed E-state index contributed by atoms with van der Waals surface area (Å²) in [4.78, 5) is 6.56. The number of aromatic nitrogens is 1. The fourth-order valence-corrected chi connectivity index (χ4v) is 2.43. The summed E-state index contributed by atoms with van der Waals surface area (Å²) in [6, 6.07) is 12.5. The molecule has 0 saturated carbocycles. The van der Waals surface area contributed by atoms with Crippen LogP contribution < -0.4 is 5.73 Å². The number of nitrogens with zero attached hydrogens (tertiary/aromatic N) is 2. The molecule has 0 aliphatic carbocycles. The molecule has 1 aromatic heterocycles. The van der Waals surface area contributed by atoms with Gasteiger partial charge in [0.25, 0.3) is 0 Å². The predicted molar refractivity (Wildman–Crippen MR) is 83.4 cm³/mol. The Morgan fingerprint density at radius 3 is 2.70 bits per heavy atom. The molecule has 3 nitrogen and oxygen atoms in total. The van der Waals surface area contributed by atoms with E-state index in [-0.39, 0.29) is 6.04 Å². The Morgan fingerprint density at radius 2 is 2.00 bits per heavy atom. The molecular weight excluding hydrogens is 246 g/mol. The van der Waals surface area contributed by atoms with Crippen molar-refractivity contribution >= 4 is 0 Å². The zero-order valence-electron chi connectivity index (χ0n) is 12.5. The Bertz CT molecular complexity index is 551. The summed E-state index contributed by atoms with van der Waals surface area (Å²) >= 11 is 0. The van der Waals surface area contributed by atoms with Crippen LogP contribution in [-0.2, 0) is 6.54 Å². The SMILES string of the molecule is Cc1ccc(C)c(C(N)CN(C)Cc2ccccn2)c1. The third-order valence-electron chi connectivity index (χ3n) is 3.50. The van der Waals surface area contributed by atoms with E-state index in [1.54, 1.807) is 0 Å². The van der Waals surface area contributed by atoms with Crippen LogP contribution in [0.5, 0.6) is 0 Å². The molecule has 106 valence electrons. The van der Waals surface area contributed by atoms with E-state index in [1.807, 2.05) is 24.4 Å². The molecule has 0 fully saturated rings. The van der Waals surface area contributed by atoms with Crippen LogP contribution in [0.15, 0.2) is 42.6 Å². The highest BCUT2D eigenvalue weighted by Gasteiger charge is 2.12. The van der Waals surface area contributed by atoms with Crippen molar-refractivity contribution in [3.8, 4) is 0 Å². The summed E-state index contributed by atoms with van der Waals surface area (Å²) in [7, 11) is 2.08. The fourth-order valence-electron chi connectivity index (χ4n) is 2.43. The number of likely N-dealkylation sites (N-methyl/N-ethyl adjacent to an activating group) is 1. The maximum atomic E-state index is 6.36. The monoisotopic (exact) mass is 269 g/mol. The number of rotatable bonds is 5. The van der Waals surface area contributed by atoms with Crippen LogP contribution in [0.25, 0.3) is 0 Å². The second-order valence-corrected chi connectivity index (χ2v) is 5.48. The van der Waals surface area contributed by atoms with Gasteiger partial charge in [-0.25, -0.2) is 0 Å². The molecule has 2 aromatic rings. The van der Waals surface area contributed by atoms with Gasteiger partial charge in [-0.2, -0.15) is 0 Å². The average Bonchev–Trinajstić information content (AvgIpc) is 2.42. The average molecular weight is 269 g/mol. The molecule has 0 bridgehead atoms. The van der Waals surface area contributed by atoms with Crippen LogP contribution in [0.1, 0.15) is 28.4 Å². The topological polar surface area (TPSA) is 42.1 Å². The molecule has 20 heavy (non-hydrogen) atoms. The van der Waals surface area contributed by atoms with Crippen molar-refractivity contribution in [3.63, 3.8) is 0 Å². The third kappa shape index (κ3) is 3.89. The van der Waals surface area contributed by atoms with Crippen LogP contribution in [0.3, 0.4) is 0 Å². The van der Waals surface area contributed by atoms with Gasteiger partial charge in [-0.15, -0.1) is 0 Å². The Kier molecular flexibility index (Phi) is 4.88. The van der Waals surface area contributed by atoms with E-state index < -0.39 is 0 Å². The Labute approximate surface area is 121 Å². The fraction of sp³-hybridized carbons (Fsp3) is 0.353. The maximum absolute atomic E-state index is 6.36. The molecule has 0 saturated heterocycles. The lowest BCUT2D eigenvalue weighted by Gasteiger charge is -2.22. The van der Waals surface area contributed by atoms with Crippen molar-refractivity contribution in [2.24, 2.45) is 5.73 Å². The number of pyridine rings is 1. The normalized spacial score (nSPS) is 12.7. The van der Waals surface area contributed by atoms with Crippen molar-refractivity contribution in [2.45, 2.75) is 26.4 Å². The van der Waals surface area contributed by atoms with E-state index in [1.165, 1.54) is 16.7 Å². The van der Waals surface area contributed by atoms with Crippen molar-refractivity contribution in [1.29, 1.82) is 0 Å². The Morgan fingerprint density at radius 1 is 1.20 bits per heavy atom. The third-order valence-corrected chi connectivity index (χ3v) is 3.50. The molecule has 3 heteroatoms. The van der Waals surface area contributed by atoms with E-state index >= 15 is 0 Å². The van der Waals surface area contributed by atoms with Crippen molar-refractivity contribution in [1.82, 2.24) is 9.88 Å². The van der Waals surface area contributed by atoms with Gasteiger partial charge in [0.05, 0.1) is 5.69 Å². The van der Waals surface area contributed by atoms with Gasteiger partial charge in [0.1, 0.15) is 0 Å². The van der Waals surface area contributed by atoms with Crippen molar-refractivity contribution in [3.05, 3.63) is 65.0 Å². The molecule has 0 amide bonds. The van der Waals surface area contributed by atoms with Gasteiger partial charge in [-0.05, 0) is 44.2 Å². The summed E-state index contributed by atoms with van der Waals surface area (Å²) in [6.45, 7) is 5.86. The molecule has 1 atom stereocenters. The highest BCUT2D eigenvalue weighted by Crippen LogP contribution is 2.18. The van der Waals surface area contributed by atoms with Crippen LogP contribution in [0.4, 0.5) is 0 Å². The van der Waals surface area contributed by atoms with Crippen LogP contribution in [0.2, 0.25) is 0 Å². The molecule has 2 N–H and O–H groups in total. The number of hydrogen-bond acceptors (Lipinski definition) is 3. The van der Waals surface area contributed by atoms with Crippen LogP contribution in [0, 0.1) is 13.8 Å². The summed E-state index contributed by atoms with van der Waals surface area (Å²) in [6.07, 6.45) is 1.83. The number of benzene rings is 1. The van der Waals surface area contributed by atoms with Gasteiger partial charge in [0.15, 0.2) is 0 Å². The molecule has 1 unspecified atom stereocenters. The quantitative estimate of drug-likeness (QED) is 0.907. The van der Waals surface area contributed by atoms with Crippen molar-refractivity contribution in [2.75, 3.05) is 13.6 Å². The number of nitrogens with two attached hydrogens (primary N) is 1. The minimum Gasteiger partial charge on any atom is -0.323 e. The highest BCUT2D eigenvalue weighted by atomic mass is 15.1. The standard InChI is InChI=1S/C17H23N3/c1-13-7-8-14(2)16(10-13)17(18)12-20(3)11-15-6-4-5-9-19-15/h4-10,17H,11-12,18H2,1-3H3. The molecule has 1 heterocycles. The first-order valence-electron chi connectivity index (χ1n) is 6.97. The predicted octanol–water partition coefficient (Wildman–Crippen LogP) is 2.83. The van der Waals surface area contributed by atoms with Gasteiger partial charge < -0.3 is 5.73 Å². The lowest BCUT2D eigenvalue weighted by atomic mass is 9.99. The minimum absolute atomic E-state index is 0.0311. The van der Waals surface area contributed by atoms with Crippen LogP contribution in [-0.4, -0.2) is 23.5 Å². The maximum Gasteiger partial charge on any atom is 0.0543 e. The molecule has 0 aliphatic rings. The van der Waals surface area contributed by atoms with Gasteiger partial charge in [-0.1, -0.05) is 29.8 Å². The zero-order valence-corrected chi connectivity index (χ0v) is 12.5. The Hall–Kier alpha value is -1.71. The number of hydrogen-bond donors (Lipinski definition) is 1. The highest BCUT2D eigenvalue weighted by molar-refractivity contribution is 5.33. The second kappa shape index (κ2) is 6.64. The first-order valence-corrected chi connectivity index (χ1v) is 6.97. The lowest BCUT2D eigenvalue weighted by molar-refractivity contribution is 0.301. The van der Waals surface area contributed by atoms with Crippen molar-refractivity contribution < 1.29 is 0 Å². The molecule has 0 spiro atoms. The lowest BCUT2D eigenvalue weighted by Crippen LogP contribution is -2.29. The largest absolute Gasteiger partial charge is 0.323 e. The molecule has 1 aromatic carbocycles. The van der Waals surface area contributed by atoms with E-state index in [9.17, 15) is 0 Å². The van der Waals surface area contributed by atoms with Gasteiger partial charge in [-0.3, -0.25) is 9.88 Å². The summed E-state index contributed by atoms with van der Waals surface area (Å²) in [5.74, 6) is 0. The van der Waals surface area contributed by atoms with Crippen LogP contribution >= 0.6 is 0 Å². The second-order valence-electron chi connectivity index (χ2n) is 5.48. The minimum atomic E-state index is 0.0311. The van der Waals surface area contributed by atoms with Gasteiger partial charge in [0, 0.05) is 25.3 Å². The van der Waals surface area contributed by atoms with E-state index in [2.05, 4.69) is 49.0 Å². The van der Waals surface area contributed by atoms with E-state index in [0.717, 1.165) is 18.8 Å². The Balaban J connectivity index is 2.00. The first-order chi connectivity index (χ1) is 9.56. The molecule has 0 radical (unpaired) electrons. The smallest absolute Gasteiger partial charge is 0.0543 e. The summed E-state index contributed by atoms with van der Waals surface area (Å²) < 4.78 is 0. The summed E-state index contributed by atoms with van der Waals surface area (Å²) in [5.41, 5.74) is 11.2. The number of aryl methyl sites for hydroxylation is 2. The van der Waals surface area contributed by atoms with Gasteiger partial charge >= 0.3 is 0 Å². The molecular formula is C17H23N3. The summed E-state index contributed by atoms with van der Waals surface area (Å²) in [5, 5.41) is 0.